The van der Waals surface area contributed by atoms with Gasteiger partial charge >= 0.3 is 0 Å². The van der Waals surface area contributed by atoms with Crippen LogP contribution in [0.2, 0.25) is 5.02 Å². The van der Waals surface area contributed by atoms with Crippen LogP contribution in [0.15, 0.2) is 22.7 Å². The molecule has 0 aliphatic heterocycles. The van der Waals surface area contributed by atoms with Crippen molar-refractivity contribution in [3.63, 3.8) is 0 Å². The van der Waals surface area contributed by atoms with Gasteiger partial charge in [0.2, 0.25) is 0 Å². The minimum Gasteiger partial charge on any atom is -0.507 e. The standard InChI is InChI=1S/C9H7ClN2O2/c1-5-11-9(14-12-5)7-3-2-6(10)4-8(7)13/h2-4,13H,1H3. The summed E-state index contributed by atoms with van der Waals surface area (Å²) in [5.41, 5.74) is 0.481. The van der Waals surface area contributed by atoms with E-state index in [9.17, 15) is 5.11 Å². The number of nitrogens with zero attached hydrogens (tertiary/aromatic N) is 2. The Morgan fingerprint density at radius 1 is 1.43 bits per heavy atom. The SMILES string of the molecule is Cc1noc(-c2ccc(Cl)cc2O)n1. The van der Waals surface area contributed by atoms with E-state index >= 15 is 0 Å². The van der Waals surface area contributed by atoms with Crippen LogP contribution < -0.4 is 0 Å². The summed E-state index contributed by atoms with van der Waals surface area (Å²) < 4.78 is 4.91. The van der Waals surface area contributed by atoms with Crippen LogP contribution >= 0.6 is 11.6 Å². The van der Waals surface area contributed by atoms with Crippen LogP contribution in [-0.4, -0.2) is 15.2 Å². The van der Waals surface area contributed by atoms with Crippen molar-refractivity contribution in [1.82, 2.24) is 10.1 Å². The third kappa shape index (κ3) is 1.56. The molecule has 1 aromatic heterocycles. The van der Waals surface area contributed by atoms with Gasteiger partial charge in [0.15, 0.2) is 5.82 Å². The van der Waals surface area contributed by atoms with E-state index < -0.39 is 0 Å². The zero-order valence-corrected chi connectivity index (χ0v) is 8.12. The lowest BCUT2D eigenvalue weighted by molar-refractivity contribution is 0.420. The minimum atomic E-state index is 0.0288. The van der Waals surface area contributed by atoms with Crippen molar-refractivity contribution >= 4 is 11.6 Å². The molecule has 2 aromatic rings. The number of hydrogen-bond donors (Lipinski definition) is 1. The molecule has 1 N–H and O–H groups in total. The highest BCUT2D eigenvalue weighted by atomic mass is 35.5. The Balaban J connectivity index is 2.52. The van der Waals surface area contributed by atoms with Crippen molar-refractivity contribution in [3.05, 3.63) is 29.0 Å². The van der Waals surface area contributed by atoms with Crippen LogP contribution in [0.5, 0.6) is 5.75 Å². The van der Waals surface area contributed by atoms with Gasteiger partial charge in [0.1, 0.15) is 5.75 Å². The molecular formula is C9H7ClN2O2. The summed E-state index contributed by atoms with van der Waals surface area (Å²) in [5.74, 6) is 0.840. The molecule has 0 atom stereocenters. The lowest BCUT2D eigenvalue weighted by atomic mass is 10.2. The number of halogens is 1. The molecule has 0 fully saturated rings. The van der Waals surface area contributed by atoms with Gasteiger partial charge in [-0.3, -0.25) is 0 Å². The van der Waals surface area contributed by atoms with Crippen LogP contribution in [0.1, 0.15) is 5.82 Å². The predicted molar refractivity (Wildman–Crippen MR) is 51.1 cm³/mol. The number of hydrogen-bond acceptors (Lipinski definition) is 4. The summed E-state index contributed by atoms with van der Waals surface area (Å²) in [7, 11) is 0. The topological polar surface area (TPSA) is 59.2 Å². The molecule has 0 spiro atoms. The monoisotopic (exact) mass is 210 g/mol. The maximum Gasteiger partial charge on any atom is 0.261 e. The molecule has 0 amide bonds. The first-order chi connectivity index (χ1) is 6.66. The summed E-state index contributed by atoms with van der Waals surface area (Å²) >= 11 is 5.68. The third-order valence-corrected chi connectivity index (χ3v) is 1.95. The molecule has 0 unspecified atom stereocenters. The van der Waals surface area contributed by atoms with Crippen molar-refractivity contribution < 1.29 is 9.63 Å². The molecule has 14 heavy (non-hydrogen) atoms. The number of rotatable bonds is 1. The second kappa shape index (κ2) is 3.31. The fraction of sp³-hybridized carbons (Fsp3) is 0.111. The Hall–Kier alpha value is -1.55. The highest BCUT2D eigenvalue weighted by Gasteiger charge is 2.10. The van der Waals surface area contributed by atoms with Gasteiger partial charge in [-0.1, -0.05) is 16.8 Å². The van der Waals surface area contributed by atoms with E-state index in [1.807, 2.05) is 0 Å². The van der Waals surface area contributed by atoms with Crippen molar-refractivity contribution in [2.24, 2.45) is 0 Å². The van der Waals surface area contributed by atoms with Crippen LogP contribution in [0.25, 0.3) is 11.5 Å². The van der Waals surface area contributed by atoms with Crippen molar-refractivity contribution in [2.45, 2.75) is 6.92 Å². The summed E-state index contributed by atoms with van der Waals surface area (Å²) in [5, 5.41) is 13.6. The lowest BCUT2D eigenvalue weighted by Crippen LogP contribution is -1.79. The summed E-state index contributed by atoms with van der Waals surface area (Å²) in [6, 6.07) is 4.71. The van der Waals surface area contributed by atoms with Gasteiger partial charge < -0.3 is 9.63 Å². The normalized spacial score (nSPS) is 10.4. The van der Waals surface area contributed by atoms with E-state index in [1.54, 1.807) is 19.1 Å². The van der Waals surface area contributed by atoms with E-state index in [1.165, 1.54) is 6.07 Å². The fourth-order valence-corrected chi connectivity index (χ4v) is 1.26. The first kappa shape index (κ1) is 9.02. The van der Waals surface area contributed by atoms with Crippen LogP contribution in [0.4, 0.5) is 0 Å². The molecule has 0 saturated carbocycles. The number of phenolic OH excluding ortho intramolecular Hbond substituents is 1. The Morgan fingerprint density at radius 2 is 2.21 bits per heavy atom. The van der Waals surface area contributed by atoms with Gasteiger partial charge in [0.25, 0.3) is 5.89 Å². The van der Waals surface area contributed by atoms with Crippen molar-refractivity contribution in [3.8, 4) is 17.2 Å². The summed E-state index contributed by atoms with van der Waals surface area (Å²) in [4.78, 5) is 3.99. The molecule has 2 rings (SSSR count). The maximum absolute atomic E-state index is 9.54. The molecule has 72 valence electrons. The van der Waals surface area contributed by atoms with Gasteiger partial charge in [-0.2, -0.15) is 4.98 Å². The molecule has 0 saturated heterocycles. The zero-order valence-electron chi connectivity index (χ0n) is 7.36. The molecule has 0 bridgehead atoms. The van der Waals surface area contributed by atoms with Gasteiger partial charge in [-0.15, -0.1) is 0 Å². The maximum atomic E-state index is 9.54. The summed E-state index contributed by atoms with van der Waals surface area (Å²) in [6.45, 7) is 1.71. The zero-order chi connectivity index (χ0) is 10.1. The highest BCUT2D eigenvalue weighted by Crippen LogP contribution is 2.29. The molecule has 0 aliphatic rings. The Labute approximate surface area is 85.1 Å². The van der Waals surface area contributed by atoms with Gasteiger partial charge in [0.05, 0.1) is 5.56 Å². The van der Waals surface area contributed by atoms with Gasteiger partial charge in [-0.05, 0) is 25.1 Å². The Morgan fingerprint density at radius 3 is 2.79 bits per heavy atom. The average molecular weight is 211 g/mol. The average Bonchev–Trinajstić information content (AvgIpc) is 2.51. The van der Waals surface area contributed by atoms with E-state index in [2.05, 4.69) is 10.1 Å². The van der Waals surface area contributed by atoms with Crippen molar-refractivity contribution in [2.75, 3.05) is 0 Å². The molecule has 0 radical (unpaired) electrons. The molecule has 4 nitrogen and oxygen atoms in total. The van der Waals surface area contributed by atoms with Gasteiger partial charge in [-0.25, -0.2) is 0 Å². The molecule has 5 heteroatoms. The van der Waals surface area contributed by atoms with E-state index in [0.29, 0.717) is 16.4 Å². The van der Waals surface area contributed by atoms with E-state index in [-0.39, 0.29) is 11.6 Å². The lowest BCUT2D eigenvalue weighted by Gasteiger charge is -1.98. The third-order valence-electron chi connectivity index (χ3n) is 1.72. The number of aryl methyl sites for hydroxylation is 1. The molecule has 1 heterocycles. The Bertz CT molecular complexity index is 468. The molecular weight excluding hydrogens is 204 g/mol. The number of benzene rings is 1. The summed E-state index contributed by atoms with van der Waals surface area (Å²) in [6.07, 6.45) is 0. The van der Waals surface area contributed by atoms with Crippen LogP contribution in [0, 0.1) is 6.92 Å². The molecule has 1 aromatic carbocycles. The fourth-order valence-electron chi connectivity index (χ4n) is 1.09. The highest BCUT2D eigenvalue weighted by molar-refractivity contribution is 6.30. The number of phenols is 1. The predicted octanol–water partition coefficient (Wildman–Crippen LogP) is 2.40. The number of aromatic nitrogens is 2. The number of aromatic hydroxyl groups is 1. The quantitative estimate of drug-likeness (QED) is 0.785. The van der Waals surface area contributed by atoms with Gasteiger partial charge in [0, 0.05) is 5.02 Å². The first-order valence-corrected chi connectivity index (χ1v) is 4.34. The smallest absolute Gasteiger partial charge is 0.261 e. The van der Waals surface area contributed by atoms with E-state index in [4.69, 9.17) is 16.1 Å². The van der Waals surface area contributed by atoms with Crippen molar-refractivity contribution in [1.29, 1.82) is 0 Å². The minimum absolute atomic E-state index is 0.0288. The second-order valence-corrected chi connectivity index (χ2v) is 3.24. The molecule has 0 aliphatic carbocycles. The second-order valence-electron chi connectivity index (χ2n) is 2.81. The first-order valence-electron chi connectivity index (χ1n) is 3.96. The van der Waals surface area contributed by atoms with Crippen LogP contribution in [-0.2, 0) is 0 Å². The van der Waals surface area contributed by atoms with E-state index in [0.717, 1.165) is 0 Å². The largest absolute Gasteiger partial charge is 0.507 e. The Kier molecular flexibility index (Phi) is 2.13. The van der Waals surface area contributed by atoms with Crippen LogP contribution in [0.3, 0.4) is 0 Å².